The number of piperidine rings is 1. The van der Waals surface area contributed by atoms with Crippen LogP contribution in [0.3, 0.4) is 0 Å². The molecule has 1 saturated heterocycles. The van der Waals surface area contributed by atoms with Crippen molar-refractivity contribution in [3.8, 4) is 11.3 Å². The molecule has 8 heteroatoms. The van der Waals surface area contributed by atoms with E-state index in [0.29, 0.717) is 23.0 Å². The lowest BCUT2D eigenvalue weighted by Gasteiger charge is -2.22. The molecule has 0 saturated carbocycles. The number of hydrogen-bond donors (Lipinski definition) is 2. The molecule has 0 aliphatic carbocycles. The first-order valence-electron chi connectivity index (χ1n) is 9.43. The number of rotatable bonds is 4. The standard InChI is InChI=1S/C21H20F3N5/c22-21(23,24)16-4-1-5-17(11-16)27-19-12-18(14-6-9-25-10-7-14)28-20(29-19)15-3-2-8-26-13-15/h1,4-7,9-12,15,26H,2-3,8,13H2,(H,27,28,29)/t15-/m1/s1. The lowest BCUT2D eigenvalue weighted by atomic mass is 9.98. The van der Waals surface area contributed by atoms with Gasteiger partial charge in [-0.1, -0.05) is 6.07 Å². The molecule has 1 aromatic carbocycles. The monoisotopic (exact) mass is 399 g/mol. The Kier molecular flexibility index (Phi) is 5.44. The smallest absolute Gasteiger partial charge is 0.340 e. The number of halogens is 3. The molecule has 1 aliphatic rings. The van der Waals surface area contributed by atoms with Crippen molar-refractivity contribution in [1.82, 2.24) is 20.3 Å². The van der Waals surface area contributed by atoms with E-state index in [-0.39, 0.29) is 5.92 Å². The molecule has 4 rings (SSSR count). The molecular weight excluding hydrogens is 379 g/mol. The molecule has 2 N–H and O–H groups in total. The van der Waals surface area contributed by atoms with Crippen molar-refractivity contribution >= 4 is 11.5 Å². The first-order chi connectivity index (χ1) is 14.0. The van der Waals surface area contributed by atoms with Crippen LogP contribution in [0.1, 0.15) is 30.1 Å². The number of nitrogens with one attached hydrogen (secondary N) is 2. The first-order valence-corrected chi connectivity index (χ1v) is 9.43. The third-order valence-corrected chi connectivity index (χ3v) is 4.84. The molecule has 0 unspecified atom stereocenters. The van der Waals surface area contributed by atoms with Crippen LogP contribution in [0.25, 0.3) is 11.3 Å². The van der Waals surface area contributed by atoms with E-state index in [9.17, 15) is 13.2 Å². The molecule has 3 aromatic rings. The van der Waals surface area contributed by atoms with E-state index in [4.69, 9.17) is 4.98 Å². The fraction of sp³-hybridized carbons (Fsp3) is 0.286. The van der Waals surface area contributed by atoms with Crippen molar-refractivity contribution in [3.63, 3.8) is 0 Å². The maximum absolute atomic E-state index is 13.0. The lowest BCUT2D eigenvalue weighted by Crippen LogP contribution is -2.29. The minimum absolute atomic E-state index is 0.160. The van der Waals surface area contributed by atoms with Gasteiger partial charge >= 0.3 is 6.18 Å². The molecule has 2 aromatic heterocycles. The Morgan fingerprint density at radius 2 is 1.86 bits per heavy atom. The zero-order valence-corrected chi connectivity index (χ0v) is 15.6. The molecule has 3 heterocycles. The number of pyridine rings is 1. The largest absolute Gasteiger partial charge is 0.416 e. The third-order valence-electron chi connectivity index (χ3n) is 4.84. The van der Waals surface area contributed by atoms with Gasteiger partial charge in [0.15, 0.2) is 0 Å². The van der Waals surface area contributed by atoms with Gasteiger partial charge in [-0.15, -0.1) is 0 Å². The van der Waals surface area contributed by atoms with E-state index in [1.54, 1.807) is 24.5 Å². The fourth-order valence-electron chi connectivity index (χ4n) is 3.38. The highest BCUT2D eigenvalue weighted by Gasteiger charge is 2.30. The van der Waals surface area contributed by atoms with Crippen LogP contribution in [0.4, 0.5) is 24.7 Å². The van der Waals surface area contributed by atoms with E-state index in [1.807, 2.05) is 12.1 Å². The van der Waals surface area contributed by atoms with Gasteiger partial charge in [0, 0.05) is 42.2 Å². The van der Waals surface area contributed by atoms with Gasteiger partial charge in [-0.2, -0.15) is 13.2 Å². The summed E-state index contributed by atoms with van der Waals surface area (Å²) in [5, 5.41) is 6.37. The Balaban J connectivity index is 1.70. The summed E-state index contributed by atoms with van der Waals surface area (Å²) in [6.07, 6.45) is 0.961. The molecule has 1 atom stereocenters. The highest BCUT2D eigenvalue weighted by atomic mass is 19.4. The SMILES string of the molecule is FC(F)(F)c1cccc(Nc2cc(-c3ccncc3)nc([C@@H]3CCCNC3)n2)c1. The zero-order chi connectivity index (χ0) is 20.3. The summed E-state index contributed by atoms with van der Waals surface area (Å²) in [6.45, 7) is 1.75. The zero-order valence-electron chi connectivity index (χ0n) is 15.6. The van der Waals surface area contributed by atoms with Crippen LogP contribution < -0.4 is 10.6 Å². The summed E-state index contributed by atoms with van der Waals surface area (Å²) in [7, 11) is 0. The minimum atomic E-state index is -4.40. The highest BCUT2D eigenvalue weighted by Crippen LogP contribution is 2.32. The van der Waals surface area contributed by atoms with Crippen LogP contribution in [0, 0.1) is 0 Å². The van der Waals surface area contributed by atoms with Gasteiger partial charge in [0.2, 0.25) is 0 Å². The van der Waals surface area contributed by atoms with Crippen molar-refractivity contribution in [1.29, 1.82) is 0 Å². The van der Waals surface area contributed by atoms with Gasteiger partial charge in [0.1, 0.15) is 11.6 Å². The van der Waals surface area contributed by atoms with Crippen LogP contribution >= 0.6 is 0 Å². The highest BCUT2D eigenvalue weighted by molar-refractivity contribution is 5.65. The number of anilines is 2. The van der Waals surface area contributed by atoms with E-state index >= 15 is 0 Å². The maximum Gasteiger partial charge on any atom is 0.416 e. The Hall–Kier alpha value is -3.00. The van der Waals surface area contributed by atoms with Gasteiger partial charge in [0.25, 0.3) is 0 Å². The molecule has 0 radical (unpaired) electrons. The predicted octanol–water partition coefficient (Wildman–Crippen LogP) is 4.77. The van der Waals surface area contributed by atoms with Gasteiger partial charge in [-0.25, -0.2) is 9.97 Å². The van der Waals surface area contributed by atoms with Crippen molar-refractivity contribution in [2.75, 3.05) is 18.4 Å². The van der Waals surface area contributed by atoms with Crippen molar-refractivity contribution in [3.05, 3.63) is 66.2 Å². The maximum atomic E-state index is 13.0. The molecule has 1 fully saturated rings. The summed E-state index contributed by atoms with van der Waals surface area (Å²) in [6, 6.07) is 10.5. The molecule has 1 aliphatic heterocycles. The number of aromatic nitrogens is 3. The second kappa shape index (κ2) is 8.16. The Morgan fingerprint density at radius 3 is 2.59 bits per heavy atom. The number of benzene rings is 1. The van der Waals surface area contributed by atoms with Crippen LogP contribution in [0.5, 0.6) is 0 Å². The van der Waals surface area contributed by atoms with Crippen molar-refractivity contribution in [2.24, 2.45) is 0 Å². The molecule has 0 bridgehead atoms. The quantitative estimate of drug-likeness (QED) is 0.662. The van der Waals surface area contributed by atoms with E-state index < -0.39 is 11.7 Å². The summed E-state index contributed by atoms with van der Waals surface area (Å²) in [5.41, 5.74) is 1.20. The second-order valence-electron chi connectivity index (χ2n) is 6.98. The van der Waals surface area contributed by atoms with Gasteiger partial charge in [0.05, 0.1) is 11.3 Å². The average Bonchev–Trinajstić information content (AvgIpc) is 2.74. The van der Waals surface area contributed by atoms with Crippen LogP contribution in [-0.4, -0.2) is 28.0 Å². The summed E-state index contributed by atoms with van der Waals surface area (Å²) >= 11 is 0. The van der Waals surface area contributed by atoms with E-state index in [0.717, 1.165) is 43.6 Å². The summed E-state index contributed by atoms with van der Waals surface area (Å²) in [4.78, 5) is 13.4. The Morgan fingerprint density at radius 1 is 1.03 bits per heavy atom. The minimum Gasteiger partial charge on any atom is -0.340 e. The Labute approximate surface area is 166 Å². The normalized spacial score (nSPS) is 17.1. The van der Waals surface area contributed by atoms with Crippen molar-refractivity contribution < 1.29 is 13.2 Å². The van der Waals surface area contributed by atoms with Gasteiger partial charge in [-0.05, 0) is 49.7 Å². The van der Waals surface area contributed by atoms with Crippen LogP contribution in [-0.2, 0) is 6.18 Å². The lowest BCUT2D eigenvalue weighted by molar-refractivity contribution is -0.137. The van der Waals surface area contributed by atoms with Crippen LogP contribution in [0.2, 0.25) is 0 Å². The summed E-state index contributed by atoms with van der Waals surface area (Å²) < 4.78 is 39.1. The predicted molar refractivity (Wildman–Crippen MR) is 105 cm³/mol. The fourth-order valence-corrected chi connectivity index (χ4v) is 3.38. The molecule has 5 nitrogen and oxygen atoms in total. The van der Waals surface area contributed by atoms with Crippen molar-refractivity contribution in [2.45, 2.75) is 24.9 Å². The Bertz CT molecular complexity index is 970. The van der Waals surface area contributed by atoms with E-state index in [2.05, 4.69) is 20.6 Å². The molecule has 29 heavy (non-hydrogen) atoms. The van der Waals surface area contributed by atoms with Gasteiger partial charge < -0.3 is 10.6 Å². The average molecular weight is 399 g/mol. The molecular formula is C21H20F3N5. The molecule has 0 spiro atoms. The third kappa shape index (κ3) is 4.71. The second-order valence-corrected chi connectivity index (χ2v) is 6.98. The first kappa shape index (κ1) is 19.3. The van der Waals surface area contributed by atoms with E-state index in [1.165, 1.54) is 6.07 Å². The number of alkyl halides is 3. The van der Waals surface area contributed by atoms with Gasteiger partial charge in [-0.3, -0.25) is 4.98 Å². The number of hydrogen-bond acceptors (Lipinski definition) is 5. The molecule has 150 valence electrons. The number of nitrogens with zero attached hydrogens (tertiary/aromatic N) is 3. The summed E-state index contributed by atoms with van der Waals surface area (Å²) in [5.74, 6) is 1.31. The topological polar surface area (TPSA) is 62.7 Å². The van der Waals surface area contributed by atoms with Crippen LogP contribution in [0.15, 0.2) is 54.9 Å². The molecule has 0 amide bonds.